The van der Waals surface area contributed by atoms with Crippen LogP contribution < -0.4 is 5.73 Å². The van der Waals surface area contributed by atoms with Crippen LogP contribution in [0.15, 0.2) is 18.2 Å². The molecule has 0 saturated carbocycles. The summed E-state index contributed by atoms with van der Waals surface area (Å²) in [4.78, 5) is 1.12. The molecule has 1 aromatic carbocycles. The van der Waals surface area contributed by atoms with Crippen molar-refractivity contribution in [3.63, 3.8) is 0 Å². The Bertz CT molecular complexity index is 446. The van der Waals surface area contributed by atoms with E-state index in [9.17, 15) is 13.2 Å². The van der Waals surface area contributed by atoms with Gasteiger partial charge in [0.1, 0.15) is 5.84 Å². The third kappa shape index (κ3) is 4.54. The quantitative estimate of drug-likeness (QED) is 0.657. The molecule has 0 aliphatic carbocycles. The molecule has 1 rings (SSSR count). The van der Waals surface area contributed by atoms with Gasteiger partial charge in [0, 0.05) is 17.1 Å². The van der Waals surface area contributed by atoms with Gasteiger partial charge in [-0.1, -0.05) is 23.7 Å². The highest BCUT2D eigenvalue weighted by atomic mass is 35.5. The fourth-order valence-electron chi connectivity index (χ4n) is 1.50. The van der Waals surface area contributed by atoms with Gasteiger partial charge in [0.15, 0.2) is 0 Å². The van der Waals surface area contributed by atoms with Gasteiger partial charge in [-0.2, -0.15) is 13.2 Å². The number of nitrogens with zero attached hydrogens (tertiary/aromatic N) is 1. The second kappa shape index (κ2) is 5.58. The van der Waals surface area contributed by atoms with Gasteiger partial charge in [0.25, 0.3) is 0 Å². The van der Waals surface area contributed by atoms with E-state index in [2.05, 4.69) is 0 Å². The zero-order valence-electron chi connectivity index (χ0n) is 9.68. The van der Waals surface area contributed by atoms with E-state index in [1.807, 2.05) is 0 Å². The average Bonchev–Trinajstić information content (AvgIpc) is 2.17. The van der Waals surface area contributed by atoms with Crippen LogP contribution >= 0.6 is 11.6 Å². The van der Waals surface area contributed by atoms with Gasteiger partial charge in [-0.05, 0) is 18.7 Å². The summed E-state index contributed by atoms with van der Waals surface area (Å²) in [7, 11) is 1.36. The summed E-state index contributed by atoms with van der Waals surface area (Å²) < 4.78 is 36.5. The Kier molecular flexibility index (Phi) is 4.59. The van der Waals surface area contributed by atoms with Crippen molar-refractivity contribution in [2.45, 2.75) is 12.7 Å². The Balaban J connectivity index is 2.77. The predicted octanol–water partition coefficient (Wildman–Crippen LogP) is 2.62. The summed E-state index contributed by atoms with van der Waals surface area (Å²) in [6, 6.07) is 4.61. The molecule has 0 aliphatic heterocycles. The number of halogens is 4. The summed E-state index contributed by atoms with van der Waals surface area (Å²) in [5, 5.41) is 7.52. The van der Waals surface area contributed by atoms with Crippen LogP contribution in [0, 0.1) is 5.41 Å². The smallest absolute Gasteiger partial charge is 0.384 e. The monoisotopic (exact) mass is 279 g/mol. The summed E-state index contributed by atoms with van der Waals surface area (Å²) >= 11 is 5.93. The first-order valence-corrected chi connectivity index (χ1v) is 5.45. The molecule has 0 bridgehead atoms. The van der Waals surface area contributed by atoms with Gasteiger partial charge in [0.2, 0.25) is 0 Å². The highest BCUT2D eigenvalue weighted by Gasteiger charge is 2.29. The third-order valence-electron chi connectivity index (χ3n) is 2.25. The van der Waals surface area contributed by atoms with E-state index in [-0.39, 0.29) is 12.4 Å². The van der Waals surface area contributed by atoms with E-state index >= 15 is 0 Å². The topological polar surface area (TPSA) is 53.1 Å². The van der Waals surface area contributed by atoms with Crippen molar-refractivity contribution >= 4 is 17.4 Å². The van der Waals surface area contributed by atoms with Gasteiger partial charge < -0.3 is 5.73 Å². The minimum absolute atomic E-state index is 0.0799. The Morgan fingerprint density at radius 3 is 2.50 bits per heavy atom. The molecule has 0 spiro atoms. The van der Waals surface area contributed by atoms with Gasteiger partial charge in [-0.3, -0.25) is 10.3 Å². The number of amidine groups is 1. The summed E-state index contributed by atoms with van der Waals surface area (Å²) in [5.74, 6) is -0.132. The molecule has 0 amide bonds. The first kappa shape index (κ1) is 14.8. The second-order valence-electron chi connectivity index (χ2n) is 4.01. The van der Waals surface area contributed by atoms with E-state index < -0.39 is 12.7 Å². The number of alkyl halides is 3. The molecule has 100 valence electrons. The summed E-state index contributed by atoms with van der Waals surface area (Å²) in [5.41, 5.74) is 6.29. The number of hydrogen-bond donors (Lipinski definition) is 2. The van der Waals surface area contributed by atoms with E-state index in [1.54, 1.807) is 12.1 Å². The molecule has 3 N–H and O–H groups in total. The van der Waals surface area contributed by atoms with E-state index in [4.69, 9.17) is 22.7 Å². The molecule has 0 aliphatic rings. The fraction of sp³-hybridized carbons (Fsp3) is 0.364. The lowest BCUT2D eigenvalue weighted by Crippen LogP contribution is -2.30. The van der Waals surface area contributed by atoms with Crippen LogP contribution in [0.2, 0.25) is 5.02 Å². The van der Waals surface area contributed by atoms with Crippen molar-refractivity contribution in [3.8, 4) is 0 Å². The lowest BCUT2D eigenvalue weighted by molar-refractivity contribution is -0.144. The highest BCUT2D eigenvalue weighted by molar-refractivity contribution is 6.31. The van der Waals surface area contributed by atoms with Gasteiger partial charge in [-0.15, -0.1) is 0 Å². The Morgan fingerprint density at radius 2 is 2.06 bits per heavy atom. The van der Waals surface area contributed by atoms with Gasteiger partial charge in [-0.25, -0.2) is 0 Å². The lowest BCUT2D eigenvalue weighted by atomic mass is 10.1. The van der Waals surface area contributed by atoms with Crippen LogP contribution in [0.3, 0.4) is 0 Å². The molecule has 0 saturated heterocycles. The number of nitrogen functional groups attached to an aromatic ring is 1. The maximum Gasteiger partial charge on any atom is 0.401 e. The molecule has 18 heavy (non-hydrogen) atoms. The number of nitrogens with two attached hydrogens (primary N) is 1. The van der Waals surface area contributed by atoms with Crippen molar-refractivity contribution < 1.29 is 13.2 Å². The number of benzene rings is 1. The first-order valence-electron chi connectivity index (χ1n) is 5.07. The summed E-state index contributed by atoms with van der Waals surface area (Å²) in [6.45, 7) is -0.922. The minimum Gasteiger partial charge on any atom is -0.384 e. The van der Waals surface area contributed by atoms with Gasteiger partial charge in [0.05, 0.1) is 6.54 Å². The van der Waals surface area contributed by atoms with Crippen molar-refractivity contribution in [1.29, 1.82) is 5.41 Å². The highest BCUT2D eigenvalue weighted by Crippen LogP contribution is 2.21. The molecule has 0 fully saturated rings. The Morgan fingerprint density at radius 1 is 1.44 bits per heavy atom. The van der Waals surface area contributed by atoms with Crippen LogP contribution in [0.5, 0.6) is 0 Å². The molecular weight excluding hydrogens is 267 g/mol. The zero-order chi connectivity index (χ0) is 13.9. The Labute approximate surface area is 108 Å². The van der Waals surface area contributed by atoms with Crippen LogP contribution in [0.25, 0.3) is 0 Å². The number of rotatable bonds is 4. The van der Waals surface area contributed by atoms with E-state index in [0.29, 0.717) is 16.1 Å². The molecule has 0 aromatic heterocycles. The molecular formula is C11H13ClF3N3. The van der Waals surface area contributed by atoms with Crippen LogP contribution in [-0.4, -0.2) is 30.5 Å². The van der Waals surface area contributed by atoms with Crippen LogP contribution in [0.4, 0.5) is 13.2 Å². The molecule has 0 radical (unpaired) electrons. The predicted molar refractivity (Wildman–Crippen MR) is 64.9 cm³/mol. The fourth-order valence-corrected chi connectivity index (χ4v) is 1.74. The van der Waals surface area contributed by atoms with Crippen LogP contribution in [-0.2, 0) is 6.54 Å². The van der Waals surface area contributed by atoms with Crippen molar-refractivity contribution in [2.75, 3.05) is 13.6 Å². The second-order valence-corrected chi connectivity index (χ2v) is 4.41. The lowest BCUT2D eigenvalue weighted by Gasteiger charge is -2.19. The first-order chi connectivity index (χ1) is 8.19. The minimum atomic E-state index is -4.24. The molecule has 0 atom stereocenters. The van der Waals surface area contributed by atoms with E-state index in [1.165, 1.54) is 13.1 Å². The standard InChI is InChI=1S/C11H13ClF3N3/c1-18(6-11(13,14)15)5-8-3-2-7(10(16)17)4-9(8)12/h2-4H,5-6H2,1H3,(H3,16,17). The SMILES string of the molecule is CN(Cc1ccc(C(=N)N)cc1Cl)CC(F)(F)F. The van der Waals surface area contributed by atoms with Crippen molar-refractivity contribution in [3.05, 3.63) is 34.3 Å². The van der Waals surface area contributed by atoms with E-state index in [0.717, 1.165) is 4.90 Å². The zero-order valence-corrected chi connectivity index (χ0v) is 10.4. The molecule has 7 heteroatoms. The maximum atomic E-state index is 12.2. The summed E-state index contributed by atoms with van der Waals surface area (Å²) in [6.07, 6.45) is -4.24. The average molecular weight is 280 g/mol. The third-order valence-corrected chi connectivity index (χ3v) is 2.61. The van der Waals surface area contributed by atoms with Crippen LogP contribution in [0.1, 0.15) is 11.1 Å². The van der Waals surface area contributed by atoms with Crippen molar-refractivity contribution in [2.24, 2.45) is 5.73 Å². The number of hydrogen-bond acceptors (Lipinski definition) is 2. The largest absolute Gasteiger partial charge is 0.401 e. The van der Waals surface area contributed by atoms with Crippen molar-refractivity contribution in [1.82, 2.24) is 4.90 Å². The normalized spacial score (nSPS) is 11.9. The molecule has 0 heterocycles. The number of nitrogens with one attached hydrogen (secondary N) is 1. The molecule has 3 nitrogen and oxygen atoms in total. The Hall–Kier alpha value is -1.27. The molecule has 1 aromatic rings. The maximum absolute atomic E-state index is 12.2. The molecule has 0 unspecified atom stereocenters. The van der Waals surface area contributed by atoms with Gasteiger partial charge >= 0.3 is 6.18 Å².